The van der Waals surface area contributed by atoms with Crippen molar-refractivity contribution in [1.29, 1.82) is 0 Å². The minimum Gasteiger partial charge on any atom is -0.383 e. The first-order valence-electron chi connectivity index (χ1n) is 5.48. The van der Waals surface area contributed by atoms with E-state index in [4.69, 9.17) is 22.1 Å². The second-order valence-corrected chi connectivity index (χ2v) is 4.55. The lowest BCUT2D eigenvalue weighted by molar-refractivity contribution is -0.116. The van der Waals surface area contributed by atoms with Crippen molar-refractivity contribution >= 4 is 23.2 Å². The molecule has 0 spiro atoms. The van der Waals surface area contributed by atoms with Crippen molar-refractivity contribution in [3.05, 3.63) is 28.3 Å². The molecule has 3 N–H and O–H groups in total. The lowest BCUT2D eigenvalue weighted by Gasteiger charge is -2.21. The Morgan fingerprint density at radius 3 is 3.00 bits per heavy atom. The molecule has 1 aromatic carbocycles. The number of hydrogen-bond acceptors (Lipinski definition) is 3. The van der Waals surface area contributed by atoms with E-state index in [0.29, 0.717) is 24.5 Å². The van der Waals surface area contributed by atoms with Gasteiger partial charge in [0.25, 0.3) is 0 Å². The molecular weight excluding hydrogens is 240 g/mol. The van der Waals surface area contributed by atoms with Crippen molar-refractivity contribution in [2.75, 3.05) is 19.0 Å². The molecule has 2 rings (SSSR count). The van der Waals surface area contributed by atoms with Crippen LogP contribution in [0, 0.1) is 0 Å². The predicted octanol–water partition coefficient (Wildman–Crippen LogP) is 1.87. The number of methoxy groups -OCH3 is 1. The lowest BCUT2D eigenvalue weighted by Crippen LogP contribution is -2.21. The van der Waals surface area contributed by atoms with Gasteiger partial charge in [0.15, 0.2) is 0 Å². The Kier molecular flexibility index (Phi) is 3.66. The van der Waals surface area contributed by atoms with Gasteiger partial charge in [0, 0.05) is 13.5 Å². The summed E-state index contributed by atoms with van der Waals surface area (Å²) in [6, 6.07) is 3.58. The number of carbonyl (C=O) groups is 1. The Morgan fingerprint density at radius 1 is 1.53 bits per heavy atom. The fourth-order valence-electron chi connectivity index (χ4n) is 1.96. The van der Waals surface area contributed by atoms with Crippen LogP contribution in [-0.2, 0) is 16.0 Å². The zero-order valence-electron chi connectivity index (χ0n) is 9.63. The van der Waals surface area contributed by atoms with Gasteiger partial charge in [-0.3, -0.25) is 4.79 Å². The quantitative estimate of drug-likeness (QED) is 0.866. The van der Waals surface area contributed by atoms with E-state index in [-0.39, 0.29) is 11.9 Å². The fourth-order valence-corrected chi connectivity index (χ4v) is 2.26. The number of hydrogen-bond donors (Lipinski definition) is 2. The summed E-state index contributed by atoms with van der Waals surface area (Å²) in [6.07, 6.45) is 1.20. The number of anilines is 1. The van der Waals surface area contributed by atoms with Crippen molar-refractivity contribution in [3.8, 4) is 0 Å². The first-order valence-corrected chi connectivity index (χ1v) is 5.86. The molecule has 4 nitrogen and oxygen atoms in total. The van der Waals surface area contributed by atoms with Crippen molar-refractivity contribution in [3.63, 3.8) is 0 Å². The molecule has 1 aromatic rings. The lowest BCUT2D eigenvalue weighted by atomic mass is 9.97. The molecule has 0 fully saturated rings. The van der Waals surface area contributed by atoms with E-state index in [1.807, 2.05) is 6.07 Å². The van der Waals surface area contributed by atoms with Crippen molar-refractivity contribution in [1.82, 2.24) is 0 Å². The second-order valence-electron chi connectivity index (χ2n) is 4.15. The third-order valence-corrected chi connectivity index (χ3v) is 3.15. The maximum absolute atomic E-state index is 11.3. The van der Waals surface area contributed by atoms with Crippen LogP contribution in [0.3, 0.4) is 0 Å². The van der Waals surface area contributed by atoms with E-state index in [9.17, 15) is 4.79 Å². The number of halogens is 1. The topological polar surface area (TPSA) is 64.3 Å². The third-order valence-electron chi connectivity index (χ3n) is 2.85. The Labute approximate surface area is 105 Å². The molecule has 0 saturated heterocycles. The van der Waals surface area contributed by atoms with E-state index < -0.39 is 0 Å². The van der Waals surface area contributed by atoms with Gasteiger partial charge in [-0.15, -0.1) is 0 Å². The Morgan fingerprint density at radius 2 is 2.29 bits per heavy atom. The number of aryl methyl sites for hydroxylation is 1. The van der Waals surface area contributed by atoms with Crippen molar-refractivity contribution in [2.24, 2.45) is 5.73 Å². The molecular formula is C12H15ClN2O2. The molecule has 1 unspecified atom stereocenters. The van der Waals surface area contributed by atoms with Crippen molar-refractivity contribution in [2.45, 2.75) is 18.9 Å². The normalized spacial score (nSPS) is 16.3. The summed E-state index contributed by atoms with van der Waals surface area (Å²) in [5.41, 5.74) is 8.66. The number of carbonyl (C=O) groups excluding carboxylic acids is 1. The van der Waals surface area contributed by atoms with Crippen LogP contribution in [0.5, 0.6) is 0 Å². The summed E-state index contributed by atoms with van der Waals surface area (Å²) >= 11 is 6.15. The van der Waals surface area contributed by atoms with Crippen LogP contribution in [0.2, 0.25) is 5.02 Å². The highest BCUT2D eigenvalue weighted by molar-refractivity contribution is 6.34. The molecule has 0 aliphatic carbocycles. The van der Waals surface area contributed by atoms with Crippen LogP contribution in [0.1, 0.15) is 23.6 Å². The summed E-state index contributed by atoms with van der Waals surface area (Å²) < 4.78 is 5.02. The van der Waals surface area contributed by atoms with Gasteiger partial charge in [0.05, 0.1) is 23.4 Å². The van der Waals surface area contributed by atoms with Gasteiger partial charge >= 0.3 is 0 Å². The molecule has 0 saturated carbocycles. The summed E-state index contributed by atoms with van der Waals surface area (Å²) in [4.78, 5) is 11.3. The van der Waals surface area contributed by atoms with E-state index in [1.54, 1.807) is 13.2 Å². The third kappa shape index (κ3) is 2.60. The number of nitrogens with two attached hydrogens (primary N) is 1. The monoisotopic (exact) mass is 254 g/mol. The van der Waals surface area contributed by atoms with Crippen LogP contribution in [0.4, 0.5) is 5.69 Å². The standard InChI is InChI=1S/C12H15ClN2O2/c1-17-6-10(14)8-4-7-2-3-11(16)15-12(7)9(13)5-8/h4-5,10H,2-3,6,14H2,1H3,(H,15,16). The highest BCUT2D eigenvalue weighted by Gasteiger charge is 2.19. The SMILES string of the molecule is COCC(N)c1cc(Cl)c2c(c1)CCC(=O)N2. The van der Waals surface area contributed by atoms with Crippen LogP contribution < -0.4 is 11.1 Å². The molecule has 17 heavy (non-hydrogen) atoms. The minimum absolute atomic E-state index is 0.00772. The number of fused-ring (bicyclic) bond motifs is 1. The predicted molar refractivity (Wildman–Crippen MR) is 67.2 cm³/mol. The molecule has 1 atom stereocenters. The van der Waals surface area contributed by atoms with Gasteiger partial charge in [0.2, 0.25) is 5.91 Å². The Balaban J connectivity index is 2.34. The number of rotatable bonds is 3. The molecule has 1 aliphatic rings. The molecule has 0 bridgehead atoms. The van der Waals surface area contributed by atoms with Gasteiger partial charge in [-0.1, -0.05) is 17.7 Å². The zero-order valence-corrected chi connectivity index (χ0v) is 10.4. The Hall–Kier alpha value is -1.10. The molecule has 92 valence electrons. The van der Waals surface area contributed by atoms with Gasteiger partial charge in [-0.25, -0.2) is 0 Å². The number of amides is 1. The van der Waals surface area contributed by atoms with E-state index >= 15 is 0 Å². The van der Waals surface area contributed by atoms with Crippen LogP contribution in [-0.4, -0.2) is 19.6 Å². The number of nitrogens with one attached hydrogen (secondary N) is 1. The van der Waals surface area contributed by atoms with Gasteiger partial charge in [0.1, 0.15) is 0 Å². The minimum atomic E-state index is -0.194. The summed E-state index contributed by atoms with van der Waals surface area (Å²) in [5, 5.41) is 3.32. The average Bonchev–Trinajstić information content (AvgIpc) is 2.30. The molecule has 1 aliphatic heterocycles. The highest BCUT2D eigenvalue weighted by Crippen LogP contribution is 2.33. The molecule has 0 aromatic heterocycles. The van der Waals surface area contributed by atoms with Gasteiger partial charge in [-0.05, 0) is 23.6 Å². The van der Waals surface area contributed by atoms with Crippen LogP contribution in [0.15, 0.2) is 12.1 Å². The summed E-state index contributed by atoms with van der Waals surface area (Å²) in [6.45, 7) is 0.446. The number of benzene rings is 1. The molecule has 1 amide bonds. The highest BCUT2D eigenvalue weighted by atomic mass is 35.5. The molecule has 5 heteroatoms. The van der Waals surface area contributed by atoms with Crippen LogP contribution in [0.25, 0.3) is 0 Å². The summed E-state index contributed by atoms with van der Waals surface area (Å²) in [7, 11) is 1.61. The van der Waals surface area contributed by atoms with Crippen LogP contribution >= 0.6 is 11.6 Å². The maximum Gasteiger partial charge on any atom is 0.224 e. The van der Waals surface area contributed by atoms with Crippen molar-refractivity contribution < 1.29 is 9.53 Å². The van der Waals surface area contributed by atoms with E-state index in [0.717, 1.165) is 16.8 Å². The average molecular weight is 255 g/mol. The maximum atomic E-state index is 11.3. The Bertz CT molecular complexity index is 448. The zero-order chi connectivity index (χ0) is 12.4. The molecule has 1 heterocycles. The second kappa shape index (κ2) is 5.04. The number of ether oxygens (including phenoxy) is 1. The largest absolute Gasteiger partial charge is 0.383 e. The van der Waals surface area contributed by atoms with E-state index in [1.165, 1.54) is 0 Å². The first-order chi connectivity index (χ1) is 8.11. The van der Waals surface area contributed by atoms with Gasteiger partial charge in [-0.2, -0.15) is 0 Å². The summed E-state index contributed by atoms with van der Waals surface area (Å²) in [5.74, 6) is 0.00772. The first kappa shape index (κ1) is 12.4. The molecule has 0 radical (unpaired) electrons. The smallest absolute Gasteiger partial charge is 0.224 e. The van der Waals surface area contributed by atoms with E-state index in [2.05, 4.69) is 5.32 Å². The fraction of sp³-hybridized carbons (Fsp3) is 0.417. The van der Waals surface area contributed by atoms with Gasteiger partial charge < -0.3 is 15.8 Å².